The number of carbonyl (C=O) groups excluding carboxylic acids is 1. The van der Waals surface area contributed by atoms with Crippen molar-refractivity contribution in [2.24, 2.45) is 0 Å². The third-order valence-electron chi connectivity index (χ3n) is 3.90. The molecule has 0 fully saturated rings. The Morgan fingerprint density at radius 2 is 1.62 bits per heavy atom. The van der Waals surface area contributed by atoms with Crippen LogP contribution in [0.2, 0.25) is 0 Å². The SMILES string of the molecule is CNC(=O)/C=C/c1ccc(S(=O)(=O)Nc2cccc3ccccc23)cc1. The van der Waals surface area contributed by atoms with Crippen molar-refractivity contribution in [1.82, 2.24) is 5.32 Å². The molecule has 0 atom stereocenters. The van der Waals surface area contributed by atoms with Gasteiger partial charge in [-0.2, -0.15) is 0 Å². The number of hydrogen-bond acceptors (Lipinski definition) is 3. The molecule has 0 aliphatic rings. The van der Waals surface area contributed by atoms with E-state index in [2.05, 4.69) is 10.0 Å². The summed E-state index contributed by atoms with van der Waals surface area (Å²) in [5.74, 6) is -0.223. The van der Waals surface area contributed by atoms with Crippen LogP contribution in [0.25, 0.3) is 16.8 Å². The lowest BCUT2D eigenvalue weighted by atomic mass is 10.1. The molecular weight excluding hydrogens is 348 g/mol. The number of rotatable bonds is 5. The molecule has 6 heteroatoms. The van der Waals surface area contributed by atoms with Crippen molar-refractivity contribution < 1.29 is 13.2 Å². The molecule has 0 aliphatic carbocycles. The van der Waals surface area contributed by atoms with Crippen molar-refractivity contribution in [2.75, 3.05) is 11.8 Å². The highest BCUT2D eigenvalue weighted by atomic mass is 32.2. The van der Waals surface area contributed by atoms with Gasteiger partial charge in [-0.3, -0.25) is 9.52 Å². The van der Waals surface area contributed by atoms with Crippen LogP contribution < -0.4 is 10.0 Å². The summed E-state index contributed by atoms with van der Waals surface area (Å²) in [5, 5.41) is 4.28. The molecule has 0 saturated carbocycles. The van der Waals surface area contributed by atoms with Gasteiger partial charge in [0.15, 0.2) is 0 Å². The van der Waals surface area contributed by atoms with Crippen molar-refractivity contribution in [1.29, 1.82) is 0 Å². The Kier molecular flexibility index (Phi) is 5.04. The zero-order chi connectivity index (χ0) is 18.6. The minimum absolute atomic E-state index is 0.155. The molecule has 0 radical (unpaired) electrons. The van der Waals surface area contributed by atoms with E-state index in [0.717, 1.165) is 16.3 Å². The maximum atomic E-state index is 12.7. The first kappa shape index (κ1) is 17.7. The van der Waals surface area contributed by atoms with E-state index in [-0.39, 0.29) is 10.8 Å². The van der Waals surface area contributed by atoms with Gasteiger partial charge < -0.3 is 5.32 Å². The van der Waals surface area contributed by atoms with Gasteiger partial charge in [-0.05, 0) is 35.2 Å². The fourth-order valence-corrected chi connectivity index (χ4v) is 3.61. The zero-order valence-electron chi connectivity index (χ0n) is 14.1. The van der Waals surface area contributed by atoms with Gasteiger partial charge in [-0.1, -0.05) is 48.5 Å². The summed E-state index contributed by atoms with van der Waals surface area (Å²) < 4.78 is 28.0. The van der Waals surface area contributed by atoms with Crippen LogP contribution in [0.1, 0.15) is 5.56 Å². The molecule has 0 heterocycles. The summed E-state index contributed by atoms with van der Waals surface area (Å²) in [6.07, 6.45) is 3.01. The molecule has 3 rings (SSSR count). The van der Waals surface area contributed by atoms with E-state index in [1.807, 2.05) is 36.4 Å². The number of nitrogens with one attached hydrogen (secondary N) is 2. The van der Waals surface area contributed by atoms with Crippen LogP contribution in [-0.4, -0.2) is 21.4 Å². The Morgan fingerprint density at radius 3 is 2.35 bits per heavy atom. The van der Waals surface area contributed by atoms with Crippen LogP contribution in [0, 0.1) is 0 Å². The Labute approximate surface area is 152 Å². The standard InChI is InChI=1S/C20H18N2O3S/c1-21-20(23)14-11-15-9-12-17(13-10-15)26(24,25)22-19-8-4-6-16-5-2-3-7-18(16)19/h2-14,22H,1H3,(H,21,23)/b14-11+. The molecule has 0 aromatic heterocycles. The molecule has 1 amide bonds. The van der Waals surface area contributed by atoms with Gasteiger partial charge in [0.2, 0.25) is 5.91 Å². The minimum Gasteiger partial charge on any atom is -0.356 e. The fourth-order valence-electron chi connectivity index (χ4n) is 2.53. The second-order valence-electron chi connectivity index (χ2n) is 5.65. The minimum atomic E-state index is -3.71. The molecule has 3 aromatic carbocycles. The highest BCUT2D eigenvalue weighted by molar-refractivity contribution is 7.92. The van der Waals surface area contributed by atoms with Gasteiger partial charge in [-0.25, -0.2) is 8.42 Å². The Hall–Kier alpha value is -3.12. The summed E-state index contributed by atoms with van der Waals surface area (Å²) in [4.78, 5) is 11.4. The maximum Gasteiger partial charge on any atom is 0.261 e. The summed E-state index contributed by atoms with van der Waals surface area (Å²) in [6, 6.07) is 19.4. The predicted molar refractivity (Wildman–Crippen MR) is 104 cm³/mol. The van der Waals surface area contributed by atoms with E-state index in [4.69, 9.17) is 0 Å². The third kappa shape index (κ3) is 3.92. The first-order valence-corrected chi connectivity index (χ1v) is 9.48. The van der Waals surface area contributed by atoms with Crippen LogP contribution in [0.3, 0.4) is 0 Å². The van der Waals surface area contributed by atoms with Crippen molar-refractivity contribution >= 4 is 38.5 Å². The number of benzene rings is 3. The lowest BCUT2D eigenvalue weighted by molar-refractivity contribution is -0.115. The molecule has 0 unspecified atom stereocenters. The van der Waals surface area contributed by atoms with E-state index in [9.17, 15) is 13.2 Å². The van der Waals surface area contributed by atoms with Crippen LogP contribution >= 0.6 is 0 Å². The maximum absolute atomic E-state index is 12.7. The molecule has 0 bridgehead atoms. The van der Waals surface area contributed by atoms with Gasteiger partial charge in [-0.15, -0.1) is 0 Å². The number of fused-ring (bicyclic) bond motifs is 1. The highest BCUT2D eigenvalue weighted by Crippen LogP contribution is 2.25. The van der Waals surface area contributed by atoms with E-state index in [1.54, 1.807) is 31.3 Å². The molecular formula is C20H18N2O3S. The summed E-state index contributed by atoms with van der Waals surface area (Å²) >= 11 is 0. The molecule has 5 nitrogen and oxygen atoms in total. The second kappa shape index (κ2) is 7.41. The summed E-state index contributed by atoms with van der Waals surface area (Å²) in [6.45, 7) is 0. The van der Waals surface area contributed by atoms with Crippen LogP contribution in [-0.2, 0) is 14.8 Å². The Bertz CT molecular complexity index is 1070. The molecule has 132 valence electrons. The number of amides is 1. The quantitative estimate of drug-likeness (QED) is 0.680. The van der Waals surface area contributed by atoms with E-state index in [0.29, 0.717) is 5.69 Å². The molecule has 26 heavy (non-hydrogen) atoms. The van der Waals surface area contributed by atoms with Crippen molar-refractivity contribution in [3.63, 3.8) is 0 Å². The lowest BCUT2D eigenvalue weighted by Gasteiger charge is -2.11. The first-order valence-electron chi connectivity index (χ1n) is 8.00. The largest absolute Gasteiger partial charge is 0.356 e. The number of hydrogen-bond donors (Lipinski definition) is 2. The van der Waals surface area contributed by atoms with E-state index >= 15 is 0 Å². The van der Waals surface area contributed by atoms with Gasteiger partial charge >= 0.3 is 0 Å². The van der Waals surface area contributed by atoms with Crippen molar-refractivity contribution in [3.05, 3.63) is 78.4 Å². The average molecular weight is 366 g/mol. The average Bonchev–Trinajstić information content (AvgIpc) is 2.66. The Balaban J connectivity index is 1.86. The highest BCUT2D eigenvalue weighted by Gasteiger charge is 2.15. The number of carbonyl (C=O) groups is 1. The number of anilines is 1. The molecule has 3 aromatic rings. The number of likely N-dealkylation sites (N-methyl/N-ethyl adjacent to an activating group) is 1. The van der Waals surface area contributed by atoms with Gasteiger partial charge in [0.05, 0.1) is 10.6 Å². The normalized spacial score (nSPS) is 11.6. The zero-order valence-corrected chi connectivity index (χ0v) is 15.0. The fraction of sp³-hybridized carbons (Fsp3) is 0.0500. The van der Waals surface area contributed by atoms with Crippen molar-refractivity contribution in [3.8, 4) is 0 Å². The smallest absolute Gasteiger partial charge is 0.261 e. The van der Waals surface area contributed by atoms with Gasteiger partial charge in [0.25, 0.3) is 10.0 Å². The molecule has 0 spiro atoms. The van der Waals surface area contributed by atoms with Crippen LogP contribution in [0.4, 0.5) is 5.69 Å². The monoisotopic (exact) mass is 366 g/mol. The van der Waals surface area contributed by atoms with Crippen molar-refractivity contribution in [2.45, 2.75) is 4.90 Å². The molecule has 2 N–H and O–H groups in total. The van der Waals surface area contributed by atoms with Gasteiger partial charge in [0, 0.05) is 18.5 Å². The van der Waals surface area contributed by atoms with Gasteiger partial charge in [0.1, 0.15) is 0 Å². The predicted octanol–water partition coefficient (Wildman–Crippen LogP) is 3.40. The molecule has 0 saturated heterocycles. The van der Waals surface area contributed by atoms with E-state index < -0.39 is 10.0 Å². The first-order chi connectivity index (χ1) is 12.5. The van der Waals surface area contributed by atoms with E-state index in [1.165, 1.54) is 18.2 Å². The second-order valence-corrected chi connectivity index (χ2v) is 7.33. The summed E-state index contributed by atoms with van der Waals surface area (Å²) in [5.41, 5.74) is 1.27. The van der Waals surface area contributed by atoms with Crippen LogP contribution in [0.15, 0.2) is 77.7 Å². The molecule has 0 aliphatic heterocycles. The lowest BCUT2D eigenvalue weighted by Crippen LogP contribution is -2.14. The van der Waals surface area contributed by atoms with Crippen LogP contribution in [0.5, 0.6) is 0 Å². The Morgan fingerprint density at radius 1 is 0.923 bits per heavy atom. The third-order valence-corrected chi connectivity index (χ3v) is 5.28. The summed E-state index contributed by atoms with van der Waals surface area (Å²) in [7, 11) is -2.17. The number of sulfonamides is 1. The topological polar surface area (TPSA) is 75.3 Å².